The van der Waals surface area contributed by atoms with Gasteiger partial charge in [0.25, 0.3) is 0 Å². The number of benzene rings is 8. The van der Waals surface area contributed by atoms with E-state index < -0.39 is 5.41 Å². The maximum Gasteiger partial charge on any atom is 0.0748 e. The molecular formula is C57H46N2. The first-order chi connectivity index (χ1) is 28.9. The Balaban J connectivity index is 1.20. The summed E-state index contributed by atoms with van der Waals surface area (Å²) < 4.78 is 2.55. The Morgan fingerprint density at radius 2 is 1.12 bits per heavy atom. The Kier molecular flexibility index (Phi) is 7.25. The van der Waals surface area contributed by atoms with E-state index in [1.807, 2.05) is 0 Å². The van der Waals surface area contributed by atoms with Gasteiger partial charge in [0, 0.05) is 33.2 Å². The van der Waals surface area contributed by atoms with Crippen molar-refractivity contribution in [2.75, 3.05) is 4.90 Å². The van der Waals surface area contributed by atoms with Crippen LogP contribution in [0.2, 0.25) is 0 Å². The lowest BCUT2D eigenvalue weighted by atomic mass is 9.61. The molecule has 0 fully saturated rings. The first-order valence-corrected chi connectivity index (χ1v) is 21.4. The number of hydrogen-bond donors (Lipinski definition) is 0. The first kappa shape index (κ1) is 34.4. The van der Waals surface area contributed by atoms with Gasteiger partial charge in [0.15, 0.2) is 0 Å². The largest absolute Gasteiger partial charge is 0.310 e. The minimum absolute atomic E-state index is 0.112. The average Bonchev–Trinajstić information content (AvgIpc) is 3.71. The second kappa shape index (κ2) is 12.4. The zero-order chi connectivity index (χ0) is 39.6. The van der Waals surface area contributed by atoms with Gasteiger partial charge in [-0.2, -0.15) is 0 Å². The third-order valence-corrected chi connectivity index (χ3v) is 14.5. The monoisotopic (exact) mass is 758 g/mol. The van der Waals surface area contributed by atoms with Crippen LogP contribution in [0.1, 0.15) is 90.5 Å². The van der Waals surface area contributed by atoms with Gasteiger partial charge in [-0.3, -0.25) is 0 Å². The van der Waals surface area contributed by atoms with Gasteiger partial charge in [-0.1, -0.05) is 161 Å². The van der Waals surface area contributed by atoms with E-state index in [4.69, 9.17) is 0 Å². The lowest BCUT2D eigenvalue weighted by Gasteiger charge is -2.43. The predicted molar refractivity (Wildman–Crippen MR) is 246 cm³/mol. The maximum absolute atomic E-state index is 2.58. The molecule has 0 N–H and O–H groups in total. The third kappa shape index (κ3) is 4.47. The van der Waals surface area contributed by atoms with E-state index in [0.717, 1.165) is 17.8 Å². The van der Waals surface area contributed by atoms with E-state index in [1.54, 1.807) is 0 Å². The van der Waals surface area contributed by atoms with Gasteiger partial charge in [-0.15, -0.1) is 0 Å². The molecule has 2 heteroatoms. The molecule has 1 aliphatic heterocycles. The number of fused-ring (bicyclic) bond motifs is 14. The van der Waals surface area contributed by atoms with Gasteiger partial charge in [-0.05, 0) is 122 Å². The van der Waals surface area contributed by atoms with Crippen LogP contribution in [0.4, 0.5) is 17.1 Å². The highest BCUT2D eigenvalue weighted by atomic mass is 15.1. The lowest BCUT2D eigenvalue weighted by molar-refractivity contribution is 0.561. The van der Waals surface area contributed by atoms with Crippen LogP contribution in [0.5, 0.6) is 0 Å². The van der Waals surface area contributed by atoms with Gasteiger partial charge in [-0.25, -0.2) is 0 Å². The van der Waals surface area contributed by atoms with Gasteiger partial charge < -0.3 is 9.47 Å². The number of rotatable bonds is 4. The summed E-state index contributed by atoms with van der Waals surface area (Å²) >= 11 is 0. The molecule has 9 aromatic rings. The number of anilines is 3. The molecule has 0 saturated heterocycles. The van der Waals surface area contributed by atoms with Gasteiger partial charge >= 0.3 is 0 Å². The smallest absolute Gasteiger partial charge is 0.0748 e. The summed E-state index contributed by atoms with van der Waals surface area (Å²) in [5.41, 5.74) is 20.4. The fourth-order valence-electron chi connectivity index (χ4n) is 11.9. The number of hydrogen-bond acceptors (Lipinski definition) is 1. The summed E-state index contributed by atoms with van der Waals surface area (Å²) in [7, 11) is 0. The quantitative estimate of drug-likeness (QED) is 0.174. The molecule has 8 aromatic carbocycles. The van der Waals surface area contributed by atoms with Crippen molar-refractivity contribution >= 4 is 38.9 Å². The van der Waals surface area contributed by atoms with Crippen LogP contribution in [0.15, 0.2) is 182 Å². The van der Waals surface area contributed by atoms with Crippen LogP contribution < -0.4 is 4.90 Å². The van der Waals surface area contributed by atoms with Crippen LogP contribution in [-0.4, -0.2) is 4.57 Å². The molecule has 12 rings (SSSR count). The molecule has 2 heterocycles. The Labute approximate surface area is 347 Å². The molecule has 0 radical (unpaired) electrons. The van der Waals surface area contributed by atoms with Crippen molar-refractivity contribution in [3.63, 3.8) is 0 Å². The number of para-hydroxylation sites is 4. The molecule has 1 aromatic heterocycles. The van der Waals surface area contributed by atoms with E-state index in [1.165, 1.54) is 88.8 Å². The average molecular weight is 759 g/mol. The molecule has 2 nitrogen and oxygen atoms in total. The molecule has 0 bridgehead atoms. The SMILES string of the molecule is CCC1c2ccccc2C2(c3cc(N(c4ccccc4)c4ccc5c(c4)C(C)(C)c4ccccc4-5)ccc3C1C)c1ccccc1-n1c3ccccc3c3cccc2c31. The molecular weight excluding hydrogens is 713 g/mol. The van der Waals surface area contributed by atoms with Gasteiger partial charge in [0.05, 0.1) is 22.1 Å². The molecule has 3 aliphatic rings. The second-order valence-electron chi connectivity index (χ2n) is 17.6. The van der Waals surface area contributed by atoms with Crippen molar-refractivity contribution in [2.24, 2.45) is 0 Å². The summed E-state index contributed by atoms with van der Waals surface area (Å²) in [4.78, 5) is 2.50. The van der Waals surface area contributed by atoms with Crippen molar-refractivity contribution in [2.45, 2.75) is 56.8 Å². The van der Waals surface area contributed by atoms with Crippen LogP contribution in [-0.2, 0) is 10.8 Å². The topological polar surface area (TPSA) is 8.17 Å². The lowest BCUT2D eigenvalue weighted by Crippen LogP contribution is -2.36. The van der Waals surface area contributed by atoms with E-state index in [-0.39, 0.29) is 5.41 Å². The van der Waals surface area contributed by atoms with Crippen molar-refractivity contribution in [3.05, 3.63) is 226 Å². The van der Waals surface area contributed by atoms with E-state index in [2.05, 4.69) is 219 Å². The van der Waals surface area contributed by atoms with Crippen molar-refractivity contribution < 1.29 is 0 Å². The Bertz CT molecular complexity index is 3170. The van der Waals surface area contributed by atoms with E-state index in [9.17, 15) is 0 Å². The Hall–Kier alpha value is -6.64. The fourth-order valence-corrected chi connectivity index (χ4v) is 11.9. The maximum atomic E-state index is 2.58. The minimum Gasteiger partial charge on any atom is -0.310 e. The minimum atomic E-state index is -0.579. The summed E-state index contributed by atoms with van der Waals surface area (Å²) in [5.74, 6) is 0.660. The van der Waals surface area contributed by atoms with Gasteiger partial charge in [0.2, 0.25) is 0 Å². The molecule has 1 spiro atoms. The van der Waals surface area contributed by atoms with Gasteiger partial charge in [0.1, 0.15) is 0 Å². The molecule has 3 unspecified atom stereocenters. The molecule has 0 amide bonds. The van der Waals surface area contributed by atoms with E-state index in [0.29, 0.717) is 11.8 Å². The Morgan fingerprint density at radius 3 is 1.95 bits per heavy atom. The highest BCUT2D eigenvalue weighted by Crippen LogP contribution is 2.60. The summed E-state index contributed by atoms with van der Waals surface area (Å²) in [6.07, 6.45) is 1.06. The fraction of sp³-hybridized carbons (Fsp3) is 0.158. The normalized spacial score (nSPS) is 19.1. The van der Waals surface area contributed by atoms with Crippen LogP contribution in [0.25, 0.3) is 38.6 Å². The third-order valence-electron chi connectivity index (χ3n) is 14.5. The predicted octanol–water partition coefficient (Wildman–Crippen LogP) is 14.9. The first-order valence-electron chi connectivity index (χ1n) is 21.4. The molecule has 0 saturated carbocycles. The van der Waals surface area contributed by atoms with Crippen molar-refractivity contribution in [3.8, 4) is 16.8 Å². The Morgan fingerprint density at radius 1 is 0.492 bits per heavy atom. The van der Waals surface area contributed by atoms with Crippen LogP contribution >= 0.6 is 0 Å². The standard InChI is InChI=1S/C57H46N2/c1-5-40-36(2)41-32-30-39(58(37-18-7-6-8-19-37)38-31-33-44-43-21-9-12-24-47(43)56(3,4)51(44)34-38)35-52(41)57(48-25-13-10-20-42(40)48)49-26-14-16-29-54(49)59-53-28-15-11-22-45(53)46-23-17-27-50(57)55(46)59/h6-36,40H,5H2,1-4H3. The molecule has 3 atom stereocenters. The second-order valence-corrected chi connectivity index (χ2v) is 17.6. The summed E-state index contributed by atoms with van der Waals surface area (Å²) in [5, 5.41) is 2.60. The zero-order valence-electron chi connectivity index (χ0n) is 34.1. The highest BCUT2D eigenvalue weighted by molar-refractivity contribution is 6.12. The number of nitrogens with zero attached hydrogens (tertiary/aromatic N) is 2. The van der Waals surface area contributed by atoms with Crippen LogP contribution in [0.3, 0.4) is 0 Å². The van der Waals surface area contributed by atoms with Crippen molar-refractivity contribution in [1.82, 2.24) is 4.57 Å². The molecule has 2 aliphatic carbocycles. The highest BCUT2D eigenvalue weighted by Gasteiger charge is 2.50. The number of aromatic nitrogens is 1. The van der Waals surface area contributed by atoms with E-state index >= 15 is 0 Å². The molecule has 284 valence electrons. The molecule has 59 heavy (non-hydrogen) atoms. The zero-order valence-corrected chi connectivity index (χ0v) is 34.1. The summed E-state index contributed by atoms with van der Waals surface area (Å²) in [6.45, 7) is 9.61. The van der Waals surface area contributed by atoms with Crippen LogP contribution in [0, 0.1) is 0 Å². The van der Waals surface area contributed by atoms with Crippen molar-refractivity contribution in [1.29, 1.82) is 0 Å². The summed E-state index contributed by atoms with van der Waals surface area (Å²) in [6, 6.07) is 69.3.